The SMILES string of the molecule is O=C(O)CCCC=CC[C@H]1C(F)C[C@@H](O)[C@H]1c1ccc(CCCC(O)C2(Cc3ccc(Cl)s3)CCC2)cc1. The molecule has 2 saturated carbocycles. The number of benzene rings is 1. The fraction of sp³-hybridized carbons (Fsp3) is 0.581. The third kappa shape index (κ3) is 7.47. The number of aliphatic hydroxyl groups excluding tert-OH is 2. The van der Waals surface area contributed by atoms with Gasteiger partial charge in [0.25, 0.3) is 0 Å². The summed E-state index contributed by atoms with van der Waals surface area (Å²) in [5.41, 5.74) is 2.14. The van der Waals surface area contributed by atoms with Gasteiger partial charge < -0.3 is 15.3 Å². The number of aliphatic hydroxyl groups is 2. The molecule has 2 fully saturated rings. The highest BCUT2D eigenvalue weighted by molar-refractivity contribution is 7.16. The van der Waals surface area contributed by atoms with Gasteiger partial charge in [-0.2, -0.15) is 0 Å². The molecule has 0 saturated heterocycles. The van der Waals surface area contributed by atoms with Crippen molar-refractivity contribution in [2.45, 2.75) is 101 Å². The van der Waals surface area contributed by atoms with Crippen molar-refractivity contribution in [3.8, 4) is 0 Å². The van der Waals surface area contributed by atoms with E-state index in [1.807, 2.05) is 30.4 Å². The van der Waals surface area contributed by atoms with E-state index in [0.717, 1.165) is 48.4 Å². The lowest BCUT2D eigenvalue weighted by molar-refractivity contribution is -0.137. The second kappa shape index (κ2) is 13.6. The standard InChI is InChI=1S/C31H40ClFO4S/c32-28-16-15-23(38-28)20-31(17-6-18-31)27(35)9-5-7-21-11-13-22(14-12-21)30-24(25(33)19-26(30)34)8-3-1-2-4-10-29(36)37/h1,3,11-16,24-27,30,34-35H,2,4-10,17-20H2,(H,36,37)/t24-,25?,26+,27?,30-/m0/s1. The molecule has 5 atom stereocenters. The monoisotopic (exact) mass is 562 g/mol. The van der Waals surface area contributed by atoms with Crippen LogP contribution in [0, 0.1) is 11.3 Å². The zero-order valence-corrected chi connectivity index (χ0v) is 23.5. The van der Waals surface area contributed by atoms with Gasteiger partial charge in [-0.25, -0.2) is 4.39 Å². The predicted molar refractivity (Wildman–Crippen MR) is 152 cm³/mol. The summed E-state index contributed by atoms with van der Waals surface area (Å²) in [4.78, 5) is 11.9. The maximum absolute atomic E-state index is 14.7. The summed E-state index contributed by atoms with van der Waals surface area (Å²) in [7, 11) is 0. The predicted octanol–water partition coefficient (Wildman–Crippen LogP) is 7.50. The number of halogens is 2. The van der Waals surface area contributed by atoms with Crippen molar-refractivity contribution in [1.29, 1.82) is 0 Å². The molecule has 0 aliphatic heterocycles. The van der Waals surface area contributed by atoms with Crippen molar-refractivity contribution < 1.29 is 24.5 Å². The Hall–Kier alpha value is -1.73. The Morgan fingerprint density at radius 1 is 1.16 bits per heavy atom. The Balaban J connectivity index is 1.27. The molecule has 1 heterocycles. The average molecular weight is 563 g/mol. The zero-order chi connectivity index (χ0) is 27.1. The van der Waals surface area contributed by atoms with E-state index in [2.05, 4.69) is 18.2 Å². The lowest BCUT2D eigenvalue weighted by Gasteiger charge is -2.45. The van der Waals surface area contributed by atoms with Crippen molar-refractivity contribution in [3.05, 3.63) is 68.9 Å². The second-order valence-corrected chi connectivity index (χ2v) is 13.0. The van der Waals surface area contributed by atoms with Crippen LogP contribution < -0.4 is 0 Å². The van der Waals surface area contributed by atoms with E-state index in [1.54, 1.807) is 11.3 Å². The molecule has 0 bridgehead atoms. The van der Waals surface area contributed by atoms with Gasteiger partial charge in [-0.3, -0.25) is 4.79 Å². The highest BCUT2D eigenvalue weighted by Crippen LogP contribution is 2.49. The summed E-state index contributed by atoms with van der Waals surface area (Å²) in [6.45, 7) is 0. The van der Waals surface area contributed by atoms with Crippen LogP contribution in [0.1, 0.15) is 86.1 Å². The minimum Gasteiger partial charge on any atom is -0.481 e. The van der Waals surface area contributed by atoms with Crippen molar-refractivity contribution in [2.75, 3.05) is 0 Å². The normalized spacial score (nSPS) is 25.5. The fourth-order valence-corrected chi connectivity index (χ4v) is 7.58. The molecule has 2 aromatic rings. The number of alkyl halides is 1. The maximum Gasteiger partial charge on any atom is 0.303 e. The summed E-state index contributed by atoms with van der Waals surface area (Å²) < 4.78 is 15.5. The largest absolute Gasteiger partial charge is 0.481 e. The van der Waals surface area contributed by atoms with Gasteiger partial charge in [0.1, 0.15) is 6.17 Å². The van der Waals surface area contributed by atoms with Crippen molar-refractivity contribution in [1.82, 2.24) is 0 Å². The highest BCUT2D eigenvalue weighted by atomic mass is 35.5. The number of carboxylic acid groups (broad SMARTS) is 1. The Kier molecular flexibility index (Phi) is 10.4. The van der Waals surface area contributed by atoms with Gasteiger partial charge in [0, 0.05) is 35.0 Å². The summed E-state index contributed by atoms with van der Waals surface area (Å²) in [6.07, 6.45) is 10.6. The second-order valence-electron chi connectivity index (χ2n) is 11.2. The molecule has 7 heteroatoms. The van der Waals surface area contributed by atoms with Gasteiger partial charge in [-0.15, -0.1) is 11.3 Å². The number of hydrogen-bond donors (Lipinski definition) is 3. The summed E-state index contributed by atoms with van der Waals surface area (Å²) in [5.74, 6) is -1.32. The number of aryl methyl sites for hydroxylation is 1. The number of allylic oxidation sites excluding steroid dienone is 2. The molecular formula is C31H40ClFO4S. The topological polar surface area (TPSA) is 77.8 Å². The van der Waals surface area contributed by atoms with Crippen molar-refractivity contribution >= 4 is 28.9 Å². The minimum atomic E-state index is -1.05. The first-order valence-electron chi connectivity index (χ1n) is 14.0. The number of thiophene rings is 1. The average Bonchev–Trinajstić information content (AvgIpc) is 3.39. The van der Waals surface area contributed by atoms with Crippen LogP contribution in [0.3, 0.4) is 0 Å². The molecule has 3 N–H and O–H groups in total. The molecule has 208 valence electrons. The number of hydrogen-bond acceptors (Lipinski definition) is 4. The lowest BCUT2D eigenvalue weighted by atomic mass is 9.62. The van der Waals surface area contributed by atoms with Crippen LogP contribution in [0.5, 0.6) is 0 Å². The first kappa shape index (κ1) is 29.3. The number of rotatable bonds is 14. The highest BCUT2D eigenvalue weighted by Gasteiger charge is 2.44. The molecule has 4 nitrogen and oxygen atoms in total. The zero-order valence-electron chi connectivity index (χ0n) is 21.9. The quantitative estimate of drug-likeness (QED) is 0.164. The molecular weight excluding hydrogens is 523 g/mol. The molecule has 2 aliphatic carbocycles. The Labute approximate surface area is 234 Å². The molecule has 2 unspecified atom stereocenters. The number of carboxylic acids is 1. The Morgan fingerprint density at radius 3 is 2.55 bits per heavy atom. The Morgan fingerprint density at radius 2 is 1.92 bits per heavy atom. The van der Waals surface area contributed by atoms with Gasteiger partial charge in [-0.05, 0) is 81.0 Å². The minimum absolute atomic E-state index is 0.0146. The maximum atomic E-state index is 14.7. The van der Waals surface area contributed by atoms with Crippen molar-refractivity contribution in [2.24, 2.45) is 11.3 Å². The van der Waals surface area contributed by atoms with E-state index in [0.29, 0.717) is 19.3 Å². The van der Waals surface area contributed by atoms with Gasteiger partial charge in [0.05, 0.1) is 16.5 Å². The first-order chi connectivity index (χ1) is 18.3. The van der Waals surface area contributed by atoms with Crippen LogP contribution in [0.2, 0.25) is 4.34 Å². The van der Waals surface area contributed by atoms with Crippen LogP contribution >= 0.6 is 22.9 Å². The smallest absolute Gasteiger partial charge is 0.303 e. The van der Waals surface area contributed by atoms with Gasteiger partial charge in [-0.1, -0.05) is 54.4 Å². The van der Waals surface area contributed by atoms with E-state index in [1.165, 1.54) is 16.9 Å². The van der Waals surface area contributed by atoms with Crippen molar-refractivity contribution in [3.63, 3.8) is 0 Å². The van der Waals surface area contributed by atoms with Gasteiger partial charge >= 0.3 is 5.97 Å². The molecule has 2 aliphatic rings. The summed E-state index contributed by atoms with van der Waals surface area (Å²) in [6, 6.07) is 12.2. The van der Waals surface area contributed by atoms with E-state index in [9.17, 15) is 19.4 Å². The third-order valence-electron chi connectivity index (χ3n) is 8.66. The van der Waals surface area contributed by atoms with E-state index < -0.39 is 18.2 Å². The van der Waals surface area contributed by atoms with Gasteiger partial charge in [0.15, 0.2) is 0 Å². The van der Waals surface area contributed by atoms with Gasteiger partial charge in [0.2, 0.25) is 0 Å². The van der Waals surface area contributed by atoms with Crippen LogP contribution in [0.15, 0.2) is 48.6 Å². The lowest BCUT2D eigenvalue weighted by Crippen LogP contribution is -2.43. The molecule has 1 aromatic carbocycles. The fourth-order valence-electron chi connectivity index (χ4n) is 6.33. The van der Waals surface area contributed by atoms with Crippen LogP contribution in [-0.2, 0) is 17.6 Å². The number of carbonyl (C=O) groups is 1. The molecule has 0 radical (unpaired) electrons. The van der Waals surface area contributed by atoms with E-state index in [-0.39, 0.29) is 36.2 Å². The molecule has 0 spiro atoms. The van der Waals surface area contributed by atoms with Crippen LogP contribution in [-0.4, -0.2) is 39.7 Å². The molecule has 38 heavy (non-hydrogen) atoms. The van der Waals surface area contributed by atoms with Crippen LogP contribution in [0.4, 0.5) is 4.39 Å². The Bertz CT molecular complexity index is 1060. The number of unbranched alkanes of at least 4 members (excludes halogenated alkanes) is 1. The van der Waals surface area contributed by atoms with Crippen LogP contribution in [0.25, 0.3) is 0 Å². The van der Waals surface area contributed by atoms with E-state index >= 15 is 0 Å². The van der Waals surface area contributed by atoms with E-state index in [4.69, 9.17) is 16.7 Å². The summed E-state index contributed by atoms with van der Waals surface area (Å²) >= 11 is 7.72. The summed E-state index contributed by atoms with van der Waals surface area (Å²) in [5, 5.41) is 30.4. The third-order valence-corrected chi connectivity index (χ3v) is 9.89. The molecule has 4 rings (SSSR count). The molecule has 0 amide bonds. The first-order valence-corrected chi connectivity index (χ1v) is 15.2. The molecule has 1 aromatic heterocycles. The number of aliphatic carboxylic acids is 1.